The number of hydrogen-bond donors (Lipinski definition) is 0. The second-order valence-corrected chi connectivity index (χ2v) is 14.7. The molecule has 0 aromatic carbocycles. The van der Waals surface area contributed by atoms with E-state index in [1.54, 1.807) is 0 Å². The van der Waals surface area contributed by atoms with Crippen LogP contribution in [0.25, 0.3) is 0 Å². The normalized spacial score (nSPS) is 59.0. The molecule has 0 aromatic heterocycles. The number of rotatable bonds is 5. The van der Waals surface area contributed by atoms with Gasteiger partial charge in [-0.3, -0.25) is 9.69 Å². The van der Waals surface area contributed by atoms with Crippen LogP contribution in [0.5, 0.6) is 0 Å². The van der Waals surface area contributed by atoms with Crippen LogP contribution in [0.1, 0.15) is 105 Å². The molecule has 7 rings (SSSR count). The minimum Gasteiger partial charge on any atom is -0.349 e. The molecule has 4 nitrogen and oxygen atoms in total. The molecule has 190 valence electrons. The van der Waals surface area contributed by atoms with Gasteiger partial charge < -0.3 is 9.47 Å². The zero-order valence-corrected chi connectivity index (χ0v) is 22.3. The Morgan fingerprint density at radius 2 is 1.85 bits per heavy atom. The number of piperidine rings is 2. The van der Waals surface area contributed by atoms with E-state index in [9.17, 15) is 4.79 Å². The highest BCUT2D eigenvalue weighted by Crippen LogP contribution is 2.79. The van der Waals surface area contributed by atoms with E-state index in [2.05, 4.69) is 39.5 Å². The lowest BCUT2D eigenvalue weighted by atomic mass is 9.42. The Kier molecular flexibility index (Phi) is 4.61. The number of ketones is 1. The molecule has 5 heterocycles. The van der Waals surface area contributed by atoms with Gasteiger partial charge in [-0.2, -0.15) is 0 Å². The highest BCUT2D eigenvalue weighted by Gasteiger charge is 2.79. The van der Waals surface area contributed by atoms with E-state index in [1.165, 1.54) is 51.5 Å². The summed E-state index contributed by atoms with van der Waals surface area (Å²) in [6.07, 6.45) is 13.6. The fourth-order valence-electron chi connectivity index (χ4n) is 11.6. The summed E-state index contributed by atoms with van der Waals surface area (Å²) in [5.74, 6) is 3.11. The molecule has 0 N–H and O–H groups in total. The number of ether oxygens (including phenoxy) is 2. The van der Waals surface area contributed by atoms with Crippen molar-refractivity contribution >= 4 is 5.78 Å². The van der Waals surface area contributed by atoms with Crippen molar-refractivity contribution in [1.82, 2.24) is 4.90 Å². The molecule has 1 unspecified atom stereocenters. The maximum atomic E-state index is 14.1. The van der Waals surface area contributed by atoms with Crippen molar-refractivity contribution in [1.29, 1.82) is 0 Å². The van der Waals surface area contributed by atoms with Gasteiger partial charge in [-0.25, -0.2) is 0 Å². The summed E-state index contributed by atoms with van der Waals surface area (Å²) in [4.78, 5) is 17.2. The van der Waals surface area contributed by atoms with E-state index in [0.717, 1.165) is 49.4 Å². The predicted molar refractivity (Wildman–Crippen MR) is 132 cm³/mol. The first kappa shape index (κ1) is 22.7. The molecule has 2 saturated carbocycles. The van der Waals surface area contributed by atoms with Crippen molar-refractivity contribution < 1.29 is 14.3 Å². The van der Waals surface area contributed by atoms with Crippen molar-refractivity contribution in [3.05, 3.63) is 0 Å². The minimum atomic E-state index is -0.473. The van der Waals surface area contributed by atoms with Crippen LogP contribution in [0.15, 0.2) is 0 Å². The summed E-state index contributed by atoms with van der Waals surface area (Å²) in [5.41, 5.74) is 0.704. The highest BCUT2D eigenvalue weighted by molar-refractivity contribution is 5.85. The minimum absolute atomic E-state index is 0.0372. The Balaban J connectivity index is 1.26. The van der Waals surface area contributed by atoms with Crippen LogP contribution in [0, 0.1) is 39.9 Å². The molecule has 0 amide bonds. The van der Waals surface area contributed by atoms with Crippen LogP contribution in [-0.4, -0.2) is 47.3 Å². The van der Waals surface area contributed by atoms with Crippen molar-refractivity contribution in [3.8, 4) is 0 Å². The highest BCUT2D eigenvalue weighted by atomic mass is 16.7. The third kappa shape index (κ3) is 2.45. The molecule has 5 saturated heterocycles. The van der Waals surface area contributed by atoms with Crippen LogP contribution < -0.4 is 0 Å². The van der Waals surface area contributed by atoms with Gasteiger partial charge in [0.05, 0.1) is 18.1 Å². The van der Waals surface area contributed by atoms with Crippen LogP contribution in [-0.2, 0) is 14.3 Å². The molecule has 4 heteroatoms. The van der Waals surface area contributed by atoms with Crippen LogP contribution in [0.4, 0.5) is 0 Å². The molecule has 7 aliphatic rings. The van der Waals surface area contributed by atoms with E-state index in [1.807, 2.05) is 0 Å². The van der Waals surface area contributed by atoms with E-state index in [0.29, 0.717) is 34.8 Å². The SMILES string of the molecule is CC(C)[C@@H]1CC[C@@]2(C)[C@H]3CC[C@]45CCC[C@H]4[C@@]2(CCC(=O)[C@]2(C)CO[C@@]4(C)CC[C@H]2O4)[C@H]1N5C3. The molecule has 1 spiro atoms. The third-order valence-corrected chi connectivity index (χ3v) is 13.4. The summed E-state index contributed by atoms with van der Waals surface area (Å²) in [7, 11) is 0. The maximum absolute atomic E-state index is 14.1. The van der Waals surface area contributed by atoms with Crippen LogP contribution in [0.2, 0.25) is 0 Å². The lowest BCUT2D eigenvalue weighted by Crippen LogP contribution is -2.68. The van der Waals surface area contributed by atoms with Gasteiger partial charge >= 0.3 is 0 Å². The van der Waals surface area contributed by atoms with Gasteiger partial charge in [-0.05, 0) is 99.7 Å². The molecule has 5 aliphatic heterocycles. The van der Waals surface area contributed by atoms with Gasteiger partial charge in [0, 0.05) is 31.0 Å². The topological polar surface area (TPSA) is 38.8 Å². The monoisotopic (exact) mass is 469 g/mol. The van der Waals surface area contributed by atoms with Gasteiger partial charge in [0.1, 0.15) is 5.78 Å². The molecule has 7 fully saturated rings. The average molecular weight is 470 g/mol. The molecule has 34 heavy (non-hydrogen) atoms. The molecule has 2 aliphatic carbocycles. The van der Waals surface area contributed by atoms with E-state index in [-0.39, 0.29) is 6.10 Å². The number of nitrogens with zero attached hydrogens (tertiary/aromatic N) is 1. The zero-order valence-electron chi connectivity index (χ0n) is 22.3. The van der Waals surface area contributed by atoms with Crippen LogP contribution >= 0.6 is 0 Å². The van der Waals surface area contributed by atoms with Crippen molar-refractivity contribution in [2.75, 3.05) is 13.2 Å². The molecule has 7 bridgehead atoms. The lowest BCUT2D eigenvalue weighted by molar-refractivity contribution is -0.282. The van der Waals surface area contributed by atoms with Gasteiger partial charge in [0.25, 0.3) is 0 Å². The van der Waals surface area contributed by atoms with Gasteiger partial charge in [-0.1, -0.05) is 27.2 Å². The fraction of sp³-hybridized carbons (Fsp3) is 0.967. The Bertz CT molecular complexity index is 903. The number of hydrogen-bond acceptors (Lipinski definition) is 4. The molecule has 11 atom stereocenters. The fourth-order valence-corrected chi connectivity index (χ4v) is 11.6. The molecule has 0 radical (unpaired) electrons. The van der Waals surface area contributed by atoms with Crippen molar-refractivity contribution in [2.24, 2.45) is 39.9 Å². The number of carbonyl (C=O) groups is 1. The van der Waals surface area contributed by atoms with Gasteiger partial charge in [0.2, 0.25) is 0 Å². The smallest absolute Gasteiger partial charge is 0.166 e. The first-order valence-electron chi connectivity index (χ1n) is 14.7. The standard InChI is InChI=1S/C30H47NO3/c1-19(2)21-9-13-27(4)20-8-15-29-12-6-7-22(29)30(27,25(21)31(29)17-20)16-10-23(32)26(3)18-33-28(5)14-11-24(26)34-28/h19-22,24-25H,6-18H2,1-5H3/t20-,21-,22+,24+,25-,26-,27-,28+,29+,30-/m0/s1. The summed E-state index contributed by atoms with van der Waals surface area (Å²) < 4.78 is 12.4. The first-order chi connectivity index (χ1) is 16.1. The van der Waals surface area contributed by atoms with Crippen LogP contribution in [0.3, 0.4) is 0 Å². The van der Waals surface area contributed by atoms with E-state index < -0.39 is 11.2 Å². The first-order valence-corrected chi connectivity index (χ1v) is 14.7. The zero-order chi connectivity index (χ0) is 23.7. The van der Waals surface area contributed by atoms with Crippen molar-refractivity contribution in [2.45, 2.75) is 129 Å². The number of carbonyl (C=O) groups excluding carboxylic acids is 1. The quantitative estimate of drug-likeness (QED) is 0.497. The summed E-state index contributed by atoms with van der Waals surface area (Å²) in [6, 6.07) is 0.697. The summed E-state index contributed by atoms with van der Waals surface area (Å²) >= 11 is 0. The molecule has 0 aromatic rings. The second kappa shape index (κ2) is 6.90. The van der Waals surface area contributed by atoms with E-state index >= 15 is 0 Å². The molecular weight excluding hydrogens is 422 g/mol. The maximum Gasteiger partial charge on any atom is 0.166 e. The average Bonchev–Trinajstić information content (AvgIpc) is 3.41. The van der Waals surface area contributed by atoms with Gasteiger partial charge in [0.15, 0.2) is 5.79 Å². The summed E-state index contributed by atoms with van der Waals surface area (Å²) in [5, 5.41) is 0. The predicted octanol–water partition coefficient (Wildman–Crippen LogP) is 5.97. The Morgan fingerprint density at radius 3 is 2.65 bits per heavy atom. The third-order valence-electron chi connectivity index (χ3n) is 13.4. The Labute approximate surface area is 206 Å². The van der Waals surface area contributed by atoms with Gasteiger partial charge in [-0.15, -0.1) is 0 Å². The number of Topliss-reactive ketones (excluding diaryl/α,β-unsaturated/α-hetero) is 1. The van der Waals surface area contributed by atoms with Crippen molar-refractivity contribution in [3.63, 3.8) is 0 Å². The second-order valence-electron chi connectivity index (χ2n) is 14.7. The largest absolute Gasteiger partial charge is 0.349 e. The Hall–Kier alpha value is -0.450. The summed E-state index contributed by atoms with van der Waals surface area (Å²) in [6.45, 7) is 13.7. The lowest BCUT2D eigenvalue weighted by Gasteiger charge is -2.67. The van der Waals surface area contributed by atoms with E-state index in [4.69, 9.17) is 9.47 Å². The number of fused-ring (bicyclic) bond motifs is 4. The molecular formula is C30H47NO3. The Morgan fingerprint density at radius 1 is 1.03 bits per heavy atom.